The van der Waals surface area contributed by atoms with E-state index < -0.39 is 5.97 Å². The van der Waals surface area contributed by atoms with Gasteiger partial charge < -0.3 is 5.11 Å². The maximum Gasteiger partial charge on any atom is 0.331 e. The van der Waals surface area contributed by atoms with Crippen LogP contribution in [0.5, 0.6) is 0 Å². The predicted octanol–water partition coefficient (Wildman–Crippen LogP) is 2.97. The van der Waals surface area contributed by atoms with Crippen LogP contribution in [-0.2, 0) is 9.59 Å². The second-order valence-corrected chi connectivity index (χ2v) is 5.85. The lowest BCUT2D eigenvalue weighted by molar-refractivity contribution is -0.133. The topological polar surface area (TPSA) is 54.4 Å². The second-order valence-electron chi connectivity index (χ2n) is 5.85. The number of hydrogen-bond donors (Lipinski definition) is 1. The van der Waals surface area contributed by atoms with E-state index >= 15 is 0 Å². The molecule has 18 heavy (non-hydrogen) atoms. The van der Waals surface area contributed by atoms with Crippen LogP contribution in [0.25, 0.3) is 0 Å². The van der Waals surface area contributed by atoms with Crippen LogP contribution in [0.1, 0.15) is 39.5 Å². The molecular formula is C15H20O3. The molecule has 0 spiro atoms. The van der Waals surface area contributed by atoms with Gasteiger partial charge in [0.2, 0.25) is 0 Å². The Kier molecular flexibility index (Phi) is 3.18. The summed E-state index contributed by atoms with van der Waals surface area (Å²) in [5.41, 5.74) is 2.02. The van der Waals surface area contributed by atoms with E-state index in [-0.39, 0.29) is 16.9 Å². The molecule has 3 nitrogen and oxygen atoms in total. The van der Waals surface area contributed by atoms with E-state index in [4.69, 9.17) is 5.11 Å². The summed E-state index contributed by atoms with van der Waals surface area (Å²) in [6.45, 7) is 8.03. The SMILES string of the molecule is C=C(C(=O)O)[C@H]1C[C@@]2(C)C(=C1C=O)CCC[C@@H]2C. The third kappa shape index (κ3) is 1.73. The molecule has 0 heterocycles. The lowest BCUT2D eigenvalue weighted by Gasteiger charge is -2.39. The number of carboxylic acid groups (broad SMARTS) is 1. The summed E-state index contributed by atoms with van der Waals surface area (Å²) in [6, 6.07) is 0. The van der Waals surface area contributed by atoms with Crippen molar-refractivity contribution in [1.29, 1.82) is 0 Å². The van der Waals surface area contributed by atoms with E-state index in [1.54, 1.807) is 0 Å². The Morgan fingerprint density at radius 2 is 2.22 bits per heavy atom. The van der Waals surface area contributed by atoms with Crippen LogP contribution in [0.15, 0.2) is 23.3 Å². The molecule has 3 atom stereocenters. The number of aldehydes is 1. The largest absolute Gasteiger partial charge is 0.478 e. The van der Waals surface area contributed by atoms with Crippen LogP contribution in [-0.4, -0.2) is 17.4 Å². The molecule has 0 aromatic carbocycles. The van der Waals surface area contributed by atoms with Crippen molar-refractivity contribution in [3.8, 4) is 0 Å². The summed E-state index contributed by atoms with van der Waals surface area (Å²) < 4.78 is 0. The molecular weight excluding hydrogens is 228 g/mol. The first-order valence-electron chi connectivity index (χ1n) is 6.52. The summed E-state index contributed by atoms with van der Waals surface area (Å²) in [5, 5.41) is 9.10. The van der Waals surface area contributed by atoms with Gasteiger partial charge in [0.25, 0.3) is 0 Å². The molecule has 0 aliphatic heterocycles. The van der Waals surface area contributed by atoms with Crippen molar-refractivity contribution < 1.29 is 14.7 Å². The van der Waals surface area contributed by atoms with Crippen LogP contribution in [0, 0.1) is 17.3 Å². The number of hydrogen-bond acceptors (Lipinski definition) is 2. The first-order chi connectivity index (χ1) is 8.41. The molecule has 0 aromatic heterocycles. The van der Waals surface area contributed by atoms with Gasteiger partial charge in [0.15, 0.2) is 0 Å². The first-order valence-corrected chi connectivity index (χ1v) is 6.52. The van der Waals surface area contributed by atoms with Crippen molar-refractivity contribution >= 4 is 12.3 Å². The minimum Gasteiger partial charge on any atom is -0.478 e. The molecule has 3 heteroatoms. The van der Waals surface area contributed by atoms with Crippen molar-refractivity contribution in [3.63, 3.8) is 0 Å². The lowest BCUT2D eigenvalue weighted by Crippen LogP contribution is -2.29. The number of carbonyl (C=O) groups excluding carboxylic acids is 1. The Labute approximate surface area is 108 Å². The highest BCUT2D eigenvalue weighted by atomic mass is 16.4. The molecule has 0 radical (unpaired) electrons. The monoisotopic (exact) mass is 248 g/mol. The van der Waals surface area contributed by atoms with Crippen molar-refractivity contribution in [2.24, 2.45) is 17.3 Å². The smallest absolute Gasteiger partial charge is 0.331 e. The van der Waals surface area contributed by atoms with Gasteiger partial charge in [0.1, 0.15) is 6.29 Å². The fourth-order valence-electron chi connectivity index (χ4n) is 3.64. The van der Waals surface area contributed by atoms with Gasteiger partial charge in [-0.05, 0) is 42.6 Å². The highest BCUT2D eigenvalue weighted by Crippen LogP contribution is 2.57. The number of allylic oxidation sites excluding steroid dienone is 2. The van der Waals surface area contributed by atoms with Crippen LogP contribution in [0.3, 0.4) is 0 Å². The predicted molar refractivity (Wildman–Crippen MR) is 69.1 cm³/mol. The number of carboxylic acids is 1. The summed E-state index contributed by atoms with van der Waals surface area (Å²) in [7, 11) is 0. The molecule has 0 amide bonds. The third-order valence-electron chi connectivity index (χ3n) is 5.02. The molecule has 0 aromatic rings. The maximum atomic E-state index is 11.4. The molecule has 2 aliphatic carbocycles. The molecule has 0 saturated heterocycles. The zero-order valence-electron chi connectivity index (χ0n) is 11.0. The summed E-state index contributed by atoms with van der Waals surface area (Å²) in [6.07, 6.45) is 4.76. The van der Waals surface area contributed by atoms with Gasteiger partial charge in [0, 0.05) is 11.5 Å². The normalized spacial score (nSPS) is 35.2. The Bertz CT molecular complexity index is 447. The van der Waals surface area contributed by atoms with Crippen LogP contribution >= 0.6 is 0 Å². The molecule has 98 valence electrons. The van der Waals surface area contributed by atoms with E-state index in [1.165, 1.54) is 5.57 Å². The Morgan fingerprint density at radius 3 is 2.78 bits per heavy atom. The molecule has 2 aliphatic rings. The van der Waals surface area contributed by atoms with Crippen LogP contribution in [0.2, 0.25) is 0 Å². The van der Waals surface area contributed by atoms with Gasteiger partial charge >= 0.3 is 5.97 Å². The third-order valence-corrected chi connectivity index (χ3v) is 5.02. The molecule has 1 fully saturated rings. The number of aliphatic carboxylic acids is 1. The number of fused-ring (bicyclic) bond motifs is 1. The second kappa shape index (κ2) is 4.38. The van der Waals surface area contributed by atoms with Crippen molar-refractivity contribution in [1.82, 2.24) is 0 Å². The van der Waals surface area contributed by atoms with Crippen molar-refractivity contribution in [2.75, 3.05) is 0 Å². The van der Waals surface area contributed by atoms with Gasteiger partial charge in [0.05, 0.1) is 0 Å². The fourth-order valence-corrected chi connectivity index (χ4v) is 3.64. The molecule has 1 saturated carbocycles. The maximum absolute atomic E-state index is 11.4. The minimum atomic E-state index is -0.991. The first kappa shape index (κ1) is 13.1. The number of rotatable bonds is 3. The van der Waals surface area contributed by atoms with E-state index in [2.05, 4.69) is 20.4 Å². The Morgan fingerprint density at radius 1 is 1.56 bits per heavy atom. The molecule has 1 N–H and O–H groups in total. The molecule has 2 rings (SSSR count). The zero-order chi connectivity index (χ0) is 13.5. The highest BCUT2D eigenvalue weighted by Gasteiger charge is 2.48. The lowest BCUT2D eigenvalue weighted by atomic mass is 9.65. The van der Waals surface area contributed by atoms with E-state index in [9.17, 15) is 9.59 Å². The van der Waals surface area contributed by atoms with Gasteiger partial charge in [-0.25, -0.2) is 4.79 Å². The summed E-state index contributed by atoms with van der Waals surface area (Å²) in [5.74, 6) is -0.779. The van der Waals surface area contributed by atoms with Crippen molar-refractivity contribution in [3.05, 3.63) is 23.3 Å². The highest BCUT2D eigenvalue weighted by molar-refractivity contribution is 5.91. The van der Waals surface area contributed by atoms with E-state index in [0.29, 0.717) is 11.5 Å². The van der Waals surface area contributed by atoms with E-state index in [1.807, 2.05) is 0 Å². The zero-order valence-corrected chi connectivity index (χ0v) is 11.0. The number of carbonyl (C=O) groups is 2. The van der Waals surface area contributed by atoms with Gasteiger partial charge in [-0.2, -0.15) is 0 Å². The summed E-state index contributed by atoms with van der Waals surface area (Å²) >= 11 is 0. The quantitative estimate of drug-likeness (QED) is 0.617. The van der Waals surface area contributed by atoms with E-state index in [0.717, 1.165) is 32.0 Å². The Balaban J connectivity index is 2.45. The standard InChI is InChI=1S/C15H20O3/c1-9-5-4-6-13-12(8-16)11(7-15(9,13)3)10(2)14(17)18/h8-9,11H,2,4-7H2,1,3H3,(H,17,18)/t9-,11+,15+/m0/s1. The van der Waals surface area contributed by atoms with Gasteiger partial charge in [-0.1, -0.05) is 26.0 Å². The molecule has 0 bridgehead atoms. The van der Waals surface area contributed by atoms with Gasteiger partial charge in [-0.3, -0.25) is 4.79 Å². The van der Waals surface area contributed by atoms with Gasteiger partial charge in [-0.15, -0.1) is 0 Å². The fraction of sp³-hybridized carbons (Fsp3) is 0.600. The van der Waals surface area contributed by atoms with Crippen molar-refractivity contribution in [2.45, 2.75) is 39.5 Å². The average Bonchev–Trinajstić information content (AvgIpc) is 2.63. The Hall–Kier alpha value is -1.38. The minimum absolute atomic E-state index is 0.0163. The molecule has 0 unspecified atom stereocenters. The van der Waals surface area contributed by atoms with Crippen LogP contribution in [0.4, 0.5) is 0 Å². The summed E-state index contributed by atoms with van der Waals surface area (Å²) in [4.78, 5) is 22.5. The average molecular weight is 248 g/mol. The van der Waals surface area contributed by atoms with Crippen LogP contribution < -0.4 is 0 Å².